The van der Waals surface area contributed by atoms with Gasteiger partial charge >= 0.3 is 0 Å². The van der Waals surface area contributed by atoms with Crippen LogP contribution in [0.25, 0.3) is 0 Å². The van der Waals surface area contributed by atoms with Crippen LogP contribution in [0.2, 0.25) is 0 Å². The molecule has 1 aromatic carbocycles. The highest BCUT2D eigenvalue weighted by atomic mass is 16.3. The molecule has 2 fully saturated rings. The third-order valence-corrected chi connectivity index (χ3v) is 5.91. The van der Waals surface area contributed by atoms with E-state index in [2.05, 4.69) is 11.1 Å². The molecule has 2 aliphatic carbocycles. The number of nitrogens with two attached hydrogens (primary N) is 1. The van der Waals surface area contributed by atoms with Gasteiger partial charge < -0.3 is 10.8 Å². The number of aromatic hydroxyl groups is 1. The number of nitrogens with zero attached hydrogens (tertiary/aromatic N) is 1. The summed E-state index contributed by atoms with van der Waals surface area (Å²) < 4.78 is 0. The first kappa shape index (κ1) is 17.2. The minimum atomic E-state index is 0.0707. The van der Waals surface area contributed by atoms with Crippen molar-refractivity contribution in [2.45, 2.75) is 56.9 Å². The Hall–Kier alpha value is -2.20. The fraction of sp³-hybridized carbons (Fsp3) is 0.455. The second-order valence-electron chi connectivity index (χ2n) is 7.72. The van der Waals surface area contributed by atoms with Gasteiger partial charge in [-0.2, -0.15) is 0 Å². The maximum Gasteiger partial charge on any atom is 0.184 e. The molecule has 0 radical (unpaired) electrons. The van der Waals surface area contributed by atoms with E-state index in [1.54, 1.807) is 12.1 Å². The first-order valence-corrected chi connectivity index (χ1v) is 9.68. The molecule has 3 N–H and O–H groups in total. The molecule has 0 atom stereocenters. The fourth-order valence-corrected chi connectivity index (χ4v) is 4.17. The van der Waals surface area contributed by atoms with E-state index in [-0.39, 0.29) is 11.7 Å². The number of aromatic nitrogens is 1. The second kappa shape index (κ2) is 7.20. The molecular formula is C22H26N2O2. The summed E-state index contributed by atoms with van der Waals surface area (Å²) in [5.74, 6) is 1.58. The van der Waals surface area contributed by atoms with Crippen LogP contribution in [0.1, 0.15) is 77.7 Å². The maximum absolute atomic E-state index is 13.2. The van der Waals surface area contributed by atoms with E-state index in [1.165, 1.54) is 5.56 Å². The van der Waals surface area contributed by atoms with Crippen LogP contribution >= 0.6 is 0 Å². The smallest absolute Gasteiger partial charge is 0.184 e. The number of rotatable bonds is 5. The molecule has 2 aliphatic rings. The molecular weight excluding hydrogens is 324 g/mol. The number of pyridine rings is 1. The SMILES string of the molecule is NCc1ccc(C2CC2)c(C(=O)C2CCC(c3ccc(O)cc3)CC2)n1. The summed E-state index contributed by atoms with van der Waals surface area (Å²) >= 11 is 0. The van der Waals surface area contributed by atoms with Crippen molar-refractivity contribution < 1.29 is 9.90 Å². The monoisotopic (exact) mass is 350 g/mol. The number of hydrogen-bond acceptors (Lipinski definition) is 4. The van der Waals surface area contributed by atoms with Crippen molar-refractivity contribution in [3.63, 3.8) is 0 Å². The number of hydrogen-bond donors (Lipinski definition) is 2. The van der Waals surface area contributed by atoms with Crippen molar-refractivity contribution in [1.82, 2.24) is 4.98 Å². The summed E-state index contributed by atoms with van der Waals surface area (Å²) in [5, 5.41) is 9.45. The zero-order valence-corrected chi connectivity index (χ0v) is 15.0. The van der Waals surface area contributed by atoms with Gasteiger partial charge in [0, 0.05) is 12.5 Å². The minimum absolute atomic E-state index is 0.0707. The Balaban J connectivity index is 1.47. The van der Waals surface area contributed by atoms with E-state index < -0.39 is 0 Å². The number of ketones is 1. The molecule has 4 heteroatoms. The molecule has 0 aliphatic heterocycles. The number of Topliss-reactive ketones (excluding diaryl/α,β-unsaturated/α-hetero) is 1. The number of phenolic OH excluding ortho intramolecular Hbond substituents is 1. The van der Waals surface area contributed by atoms with Gasteiger partial charge in [0.25, 0.3) is 0 Å². The topological polar surface area (TPSA) is 76.2 Å². The van der Waals surface area contributed by atoms with E-state index in [9.17, 15) is 9.90 Å². The molecule has 1 aromatic heterocycles. The molecule has 2 saturated carbocycles. The number of phenols is 1. The van der Waals surface area contributed by atoms with Crippen LogP contribution < -0.4 is 5.73 Å². The molecule has 136 valence electrons. The summed E-state index contributed by atoms with van der Waals surface area (Å²) in [6.45, 7) is 0.374. The zero-order chi connectivity index (χ0) is 18.1. The highest BCUT2D eigenvalue weighted by molar-refractivity contribution is 5.97. The van der Waals surface area contributed by atoms with Gasteiger partial charge in [-0.25, -0.2) is 4.98 Å². The van der Waals surface area contributed by atoms with E-state index in [4.69, 9.17) is 5.73 Å². The fourth-order valence-electron chi connectivity index (χ4n) is 4.17. The van der Waals surface area contributed by atoms with Crippen molar-refractivity contribution in [2.24, 2.45) is 11.7 Å². The van der Waals surface area contributed by atoms with Gasteiger partial charge in [0.05, 0.1) is 5.69 Å². The molecule has 0 unspecified atom stereocenters. The van der Waals surface area contributed by atoms with Gasteiger partial charge in [-0.15, -0.1) is 0 Å². The van der Waals surface area contributed by atoms with E-state index in [0.29, 0.717) is 29.8 Å². The van der Waals surface area contributed by atoms with Gasteiger partial charge in [0.15, 0.2) is 5.78 Å². The summed E-state index contributed by atoms with van der Waals surface area (Å²) in [6.07, 6.45) is 6.16. The average molecular weight is 350 g/mol. The Kier molecular flexibility index (Phi) is 4.77. The van der Waals surface area contributed by atoms with Gasteiger partial charge in [-0.3, -0.25) is 4.79 Å². The third-order valence-electron chi connectivity index (χ3n) is 5.91. The Bertz CT molecular complexity index is 788. The van der Waals surface area contributed by atoms with Crippen LogP contribution in [0.4, 0.5) is 0 Å². The first-order chi connectivity index (χ1) is 12.7. The minimum Gasteiger partial charge on any atom is -0.508 e. The quantitative estimate of drug-likeness (QED) is 0.789. The summed E-state index contributed by atoms with van der Waals surface area (Å²) in [7, 11) is 0. The first-order valence-electron chi connectivity index (χ1n) is 9.68. The molecule has 1 heterocycles. The average Bonchev–Trinajstić information content (AvgIpc) is 3.53. The molecule has 26 heavy (non-hydrogen) atoms. The second-order valence-corrected chi connectivity index (χ2v) is 7.72. The zero-order valence-electron chi connectivity index (χ0n) is 15.0. The van der Waals surface area contributed by atoms with E-state index in [1.807, 2.05) is 18.2 Å². The van der Waals surface area contributed by atoms with Crippen LogP contribution in [0, 0.1) is 5.92 Å². The molecule has 0 saturated heterocycles. The van der Waals surface area contributed by atoms with Crippen LogP contribution in [0.3, 0.4) is 0 Å². The Labute approximate surface area is 154 Å². The molecule has 0 amide bonds. The third kappa shape index (κ3) is 3.51. The Morgan fingerprint density at radius 1 is 0.962 bits per heavy atom. The van der Waals surface area contributed by atoms with Crippen molar-refractivity contribution in [1.29, 1.82) is 0 Å². The van der Waals surface area contributed by atoms with E-state index >= 15 is 0 Å². The lowest BCUT2D eigenvalue weighted by Gasteiger charge is -2.28. The lowest BCUT2D eigenvalue weighted by atomic mass is 9.76. The molecule has 0 bridgehead atoms. The Morgan fingerprint density at radius 2 is 1.62 bits per heavy atom. The largest absolute Gasteiger partial charge is 0.508 e. The van der Waals surface area contributed by atoms with Gasteiger partial charge in [-0.05, 0) is 79.7 Å². The number of carbonyl (C=O) groups excluding carboxylic acids is 1. The molecule has 4 nitrogen and oxygen atoms in total. The van der Waals surface area contributed by atoms with Crippen LogP contribution in [0.5, 0.6) is 5.75 Å². The molecule has 4 rings (SSSR count). The lowest BCUT2D eigenvalue weighted by Crippen LogP contribution is -2.23. The molecule has 2 aromatic rings. The highest BCUT2D eigenvalue weighted by Gasteiger charge is 2.33. The van der Waals surface area contributed by atoms with E-state index in [0.717, 1.165) is 49.8 Å². The van der Waals surface area contributed by atoms with Gasteiger partial charge in [-0.1, -0.05) is 18.2 Å². The lowest BCUT2D eigenvalue weighted by molar-refractivity contribution is 0.0877. The summed E-state index contributed by atoms with van der Waals surface area (Å²) in [5.41, 5.74) is 9.62. The molecule has 0 spiro atoms. The predicted molar refractivity (Wildman–Crippen MR) is 101 cm³/mol. The Morgan fingerprint density at radius 3 is 2.23 bits per heavy atom. The van der Waals surface area contributed by atoms with Crippen molar-refractivity contribution in [2.75, 3.05) is 0 Å². The normalized spacial score (nSPS) is 23.0. The number of carbonyl (C=O) groups is 1. The van der Waals surface area contributed by atoms with Crippen molar-refractivity contribution >= 4 is 5.78 Å². The van der Waals surface area contributed by atoms with Gasteiger partial charge in [0.1, 0.15) is 11.4 Å². The highest BCUT2D eigenvalue weighted by Crippen LogP contribution is 2.43. The van der Waals surface area contributed by atoms with Crippen LogP contribution in [-0.2, 0) is 6.54 Å². The van der Waals surface area contributed by atoms with Crippen LogP contribution in [-0.4, -0.2) is 15.9 Å². The van der Waals surface area contributed by atoms with Gasteiger partial charge in [0.2, 0.25) is 0 Å². The number of benzene rings is 1. The maximum atomic E-state index is 13.2. The predicted octanol–water partition coefficient (Wildman–Crippen LogP) is 4.28. The standard InChI is InChI=1S/C22H26N2O2/c23-13-18-9-12-20(16-3-4-16)21(24-18)22(26)17-5-1-14(2-6-17)15-7-10-19(25)11-8-15/h7-12,14,16-17,25H,1-6,13,23H2. The summed E-state index contributed by atoms with van der Waals surface area (Å²) in [4.78, 5) is 17.8. The van der Waals surface area contributed by atoms with Crippen molar-refractivity contribution in [3.8, 4) is 5.75 Å². The van der Waals surface area contributed by atoms with Crippen LogP contribution in [0.15, 0.2) is 36.4 Å². The summed E-state index contributed by atoms with van der Waals surface area (Å²) in [6, 6.07) is 11.5. The van der Waals surface area contributed by atoms with Crippen molar-refractivity contribution in [3.05, 3.63) is 58.9 Å².